The van der Waals surface area contributed by atoms with E-state index in [0.717, 1.165) is 44.6 Å². The Hall–Kier alpha value is -1.90. The Balaban J connectivity index is 0.00000280. The van der Waals surface area contributed by atoms with Gasteiger partial charge >= 0.3 is 0 Å². The van der Waals surface area contributed by atoms with Crippen LogP contribution in [-0.4, -0.2) is 60.6 Å². The number of guanidine groups is 1. The number of nitrogens with one attached hydrogen (secondary N) is 1. The summed E-state index contributed by atoms with van der Waals surface area (Å²) >= 11 is 0. The Morgan fingerprint density at radius 3 is 2.39 bits per heavy atom. The maximum Gasteiger partial charge on any atom is 0.225 e. The second-order valence-corrected chi connectivity index (χ2v) is 7.68. The third-order valence-electron chi connectivity index (χ3n) is 5.11. The van der Waals surface area contributed by atoms with Crippen molar-refractivity contribution in [1.82, 2.24) is 20.2 Å². The van der Waals surface area contributed by atoms with Gasteiger partial charge in [0, 0.05) is 57.6 Å². The lowest BCUT2D eigenvalue weighted by Gasteiger charge is -2.37. The van der Waals surface area contributed by atoms with Gasteiger partial charge in [-0.15, -0.1) is 24.0 Å². The molecule has 7 heteroatoms. The SMILES string of the molecule is CN=C(NCC(C)(C)c1cccc(C)c1)N1CCN(c2ncccn2)CC1.I. The van der Waals surface area contributed by atoms with E-state index in [1.807, 2.05) is 13.1 Å². The summed E-state index contributed by atoms with van der Waals surface area (Å²) in [5, 5.41) is 3.58. The first-order chi connectivity index (χ1) is 13.0. The predicted molar refractivity (Wildman–Crippen MR) is 127 cm³/mol. The van der Waals surface area contributed by atoms with Crippen LogP contribution in [0.4, 0.5) is 5.95 Å². The summed E-state index contributed by atoms with van der Waals surface area (Å²) in [4.78, 5) is 17.7. The van der Waals surface area contributed by atoms with Crippen molar-refractivity contribution in [2.24, 2.45) is 4.99 Å². The fourth-order valence-corrected chi connectivity index (χ4v) is 3.37. The van der Waals surface area contributed by atoms with Crippen LogP contribution in [0.3, 0.4) is 0 Å². The minimum Gasteiger partial charge on any atom is -0.355 e. The molecule has 0 atom stereocenters. The molecule has 2 aromatic rings. The summed E-state index contributed by atoms with van der Waals surface area (Å²) in [5.41, 5.74) is 2.67. The fraction of sp³-hybridized carbons (Fsp3) is 0.476. The molecular weight excluding hydrogens is 463 g/mol. The van der Waals surface area contributed by atoms with Gasteiger partial charge in [0.1, 0.15) is 0 Å². The zero-order valence-corrected chi connectivity index (χ0v) is 19.6. The molecule has 0 radical (unpaired) electrons. The van der Waals surface area contributed by atoms with Crippen LogP contribution in [-0.2, 0) is 5.41 Å². The number of anilines is 1. The Morgan fingerprint density at radius 2 is 1.79 bits per heavy atom. The van der Waals surface area contributed by atoms with Gasteiger partial charge in [-0.25, -0.2) is 9.97 Å². The summed E-state index contributed by atoms with van der Waals surface area (Å²) in [6, 6.07) is 10.6. The summed E-state index contributed by atoms with van der Waals surface area (Å²) in [6.07, 6.45) is 3.59. The number of aryl methyl sites for hydroxylation is 1. The summed E-state index contributed by atoms with van der Waals surface area (Å²) in [6.45, 7) is 11.1. The molecule has 152 valence electrons. The highest BCUT2D eigenvalue weighted by atomic mass is 127. The number of piperazine rings is 1. The predicted octanol–water partition coefficient (Wildman–Crippen LogP) is 3.08. The number of aliphatic imine (C=N–C) groups is 1. The second-order valence-electron chi connectivity index (χ2n) is 7.68. The lowest BCUT2D eigenvalue weighted by atomic mass is 9.84. The molecule has 1 saturated heterocycles. The smallest absolute Gasteiger partial charge is 0.225 e. The zero-order valence-electron chi connectivity index (χ0n) is 17.2. The van der Waals surface area contributed by atoms with Crippen molar-refractivity contribution in [3.05, 3.63) is 53.9 Å². The summed E-state index contributed by atoms with van der Waals surface area (Å²) in [7, 11) is 1.86. The Labute approximate surface area is 185 Å². The first-order valence-corrected chi connectivity index (χ1v) is 9.54. The van der Waals surface area contributed by atoms with Gasteiger partial charge in [0.05, 0.1) is 0 Å². The van der Waals surface area contributed by atoms with E-state index in [-0.39, 0.29) is 29.4 Å². The molecule has 28 heavy (non-hydrogen) atoms. The van der Waals surface area contributed by atoms with Crippen LogP contribution >= 0.6 is 24.0 Å². The number of aromatic nitrogens is 2. The molecule has 1 aliphatic heterocycles. The monoisotopic (exact) mass is 494 g/mol. The number of hydrogen-bond acceptors (Lipinski definition) is 4. The van der Waals surface area contributed by atoms with Crippen molar-refractivity contribution < 1.29 is 0 Å². The van der Waals surface area contributed by atoms with E-state index < -0.39 is 0 Å². The van der Waals surface area contributed by atoms with Crippen LogP contribution in [0.1, 0.15) is 25.0 Å². The van der Waals surface area contributed by atoms with Crippen LogP contribution in [0.25, 0.3) is 0 Å². The van der Waals surface area contributed by atoms with Crippen molar-refractivity contribution in [2.45, 2.75) is 26.2 Å². The third kappa shape index (κ3) is 5.56. The average Bonchev–Trinajstić information content (AvgIpc) is 2.69. The highest BCUT2D eigenvalue weighted by Crippen LogP contribution is 2.23. The molecule has 2 heterocycles. The molecule has 1 aromatic carbocycles. The largest absolute Gasteiger partial charge is 0.355 e. The molecule has 0 unspecified atom stereocenters. The molecule has 1 N–H and O–H groups in total. The van der Waals surface area contributed by atoms with Gasteiger partial charge in [0.2, 0.25) is 5.95 Å². The van der Waals surface area contributed by atoms with Crippen LogP contribution in [0.5, 0.6) is 0 Å². The molecule has 1 aliphatic rings. The van der Waals surface area contributed by atoms with Crippen molar-refractivity contribution in [2.75, 3.05) is 44.7 Å². The number of nitrogens with zero attached hydrogens (tertiary/aromatic N) is 5. The van der Waals surface area contributed by atoms with Crippen LogP contribution < -0.4 is 10.2 Å². The Morgan fingerprint density at radius 1 is 1.11 bits per heavy atom. The minimum atomic E-state index is 0. The molecule has 6 nitrogen and oxygen atoms in total. The maximum absolute atomic E-state index is 4.51. The highest BCUT2D eigenvalue weighted by molar-refractivity contribution is 14.0. The van der Waals surface area contributed by atoms with Gasteiger partial charge in [0.25, 0.3) is 0 Å². The summed E-state index contributed by atoms with van der Waals surface area (Å²) < 4.78 is 0. The number of hydrogen-bond donors (Lipinski definition) is 1. The highest BCUT2D eigenvalue weighted by Gasteiger charge is 2.24. The van der Waals surface area contributed by atoms with E-state index in [0.29, 0.717) is 0 Å². The van der Waals surface area contributed by atoms with Crippen molar-refractivity contribution in [3.63, 3.8) is 0 Å². The van der Waals surface area contributed by atoms with Gasteiger partial charge in [-0.2, -0.15) is 0 Å². The summed E-state index contributed by atoms with van der Waals surface area (Å²) in [5.74, 6) is 1.77. The Kier molecular flexibility index (Phi) is 8.03. The topological polar surface area (TPSA) is 56.7 Å². The minimum absolute atomic E-state index is 0. The molecule has 0 amide bonds. The van der Waals surface area contributed by atoms with Gasteiger partial charge in [-0.05, 0) is 18.6 Å². The van der Waals surface area contributed by atoms with Crippen LogP contribution in [0, 0.1) is 6.92 Å². The Bertz CT molecular complexity index is 769. The lowest BCUT2D eigenvalue weighted by molar-refractivity contribution is 0.364. The second kappa shape index (κ2) is 10.0. The normalized spacial score (nSPS) is 15.2. The van der Waals surface area contributed by atoms with Crippen molar-refractivity contribution in [3.8, 4) is 0 Å². The van der Waals surface area contributed by atoms with Gasteiger partial charge in [-0.1, -0.05) is 43.7 Å². The van der Waals surface area contributed by atoms with Crippen molar-refractivity contribution in [1.29, 1.82) is 0 Å². The lowest BCUT2D eigenvalue weighted by Crippen LogP contribution is -2.54. The van der Waals surface area contributed by atoms with E-state index in [4.69, 9.17) is 0 Å². The van der Waals surface area contributed by atoms with Crippen molar-refractivity contribution >= 4 is 35.9 Å². The maximum atomic E-state index is 4.51. The molecule has 0 bridgehead atoms. The van der Waals surface area contributed by atoms with Gasteiger partial charge in [0.15, 0.2) is 5.96 Å². The quantitative estimate of drug-likeness (QED) is 0.403. The number of halogens is 1. The molecule has 1 aromatic heterocycles. The van der Waals surface area contributed by atoms with Crippen LogP contribution in [0.2, 0.25) is 0 Å². The number of rotatable bonds is 4. The standard InChI is InChI=1S/C21H30N6.HI/c1-17-7-5-8-18(15-17)21(2,3)16-25-19(22-4)26-11-13-27(14-12-26)20-23-9-6-10-24-20;/h5-10,15H,11-14,16H2,1-4H3,(H,22,25);1H. The first kappa shape index (κ1) is 22.4. The van der Waals surface area contributed by atoms with Crippen LogP contribution in [0.15, 0.2) is 47.7 Å². The molecule has 0 aliphatic carbocycles. The van der Waals surface area contributed by atoms with Gasteiger partial charge < -0.3 is 15.1 Å². The van der Waals surface area contributed by atoms with Gasteiger partial charge in [-0.3, -0.25) is 4.99 Å². The van der Waals surface area contributed by atoms with E-state index in [1.165, 1.54) is 11.1 Å². The van der Waals surface area contributed by atoms with E-state index in [1.54, 1.807) is 12.4 Å². The number of benzene rings is 1. The van der Waals surface area contributed by atoms with E-state index >= 15 is 0 Å². The molecule has 0 spiro atoms. The molecule has 1 fully saturated rings. The fourth-order valence-electron chi connectivity index (χ4n) is 3.37. The average molecular weight is 494 g/mol. The molecule has 0 saturated carbocycles. The molecule has 3 rings (SSSR count). The zero-order chi connectivity index (χ0) is 19.3. The first-order valence-electron chi connectivity index (χ1n) is 9.54. The third-order valence-corrected chi connectivity index (χ3v) is 5.11. The van der Waals surface area contributed by atoms with E-state index in [2.05, 4.69) is 75.1 Å². The van der Waals surface area contributed by atoms with E-state index in [9.17, 15) is 0 Å². The molecular formula is C21H31IN6.